The first-order valence-corrected chi connectivity index (χ1v) is 7.08. The maximum absolute atomic E-state index is 9.26. The van der Waals surface area contributed by atoms with E-state index in [0.717, 1.165) is 6.42 Å². The molecule has 2 N–H and O–H groups in total. The van der Waals surface area contributed by atoms with Gasteiger partial charge in [0, 0.05) is 24.1 Å². The summed E-state index contributed by atoms with van der Waals surface area (Å²) in [5.74, 6) is 1.35. The highest BCUT2D eigenvalue weighted by Crippen LogP contribution is 2.41. The lowest BCUT2D eigenvalue weighted by molar-refractivity contribution is 0.297. The molecule has 0 radical (unpaired) electrons. The van der Waals surface area contributed by atoms with Crippen molar-refractivity contribution in [3.8, 4) is 0 Å². The zero-order valence-corrected chi connectivity index (χ0v) is 10.4. The number of H-pyrrole nitrogens is 1. The molecule has 0 unspecified atom stereocenters. The molecule has 1 heterocycles. The van der Waals surface area contributed by atoms with Gasteiger partial charge in [-0.2, -0.15) is 5.10 Å². The maximum atomic E-state index is 9.26. The molecule has 3 heteroatoms. The number of nitrogens with zero attached hydrogens (tertiary/aromatic N) is 1. The van der Waals surface area contributed by atoms with E-state index in [9.17, 15) is 5.11 Å². The summed E-state index contributed by atoms with van der Waals surface area (Å²) in [5.41, 5.74) is 3.97. The topological polar surface area (TPSA) is 48.9 Å². The van der Waals surface area contributed by atoms with Crippen LogP contribution >= 0.6 is 0 Å². The van der Waals surface area contributed by atoms with Gasteiger partial charge in [-0.25, -0.2) is 0 Å². The second-order valence-electron chi connectivity index (χ2n) is 5.58. The summed E-state index contributed by atoms with van der Waals surface area (Å²) in [6, 6.07) is 0. The van der Waals surface area contributed by atoms with E-state index in [-0.39, 0.29) is 6.61 Å². The van der Waals surface area contributed by atoms with Gasteiger partial charge in [-0.3, -0.25) is 5.10 Å². The average molecular weight is 234 g/mol. The Morgan fingerprint density at radius 2 is 1.76 bits per heavy atom. The normalized spacial score (nSPS) is 21.9. The Balaban J connectivity index is 1.88. The summed E-state index contributed by atoms with van der Waals surface area (Å²) in [7, 11) is 0. The quantitative estimate of drug-likeness (QED) is 0.841. The van der Waals surface area contributed by atoms with Crippen LogP contribution in [0.2, 0.25) is 0 Å². The molecule has 0 amide bonds. The Morgan fingerprint density at radius 1 is 1.06 bits per heavy atom. The van der Waals surface area contributed by atoms with E-state index in [1.165, 1.54) is 61.9 Å². The van der Waals surface area contributed by atoms with Crippen LogP contribution in [-0.2, 0) is 6.42 Å². The third-order valence-corrected chi connectivity index (χ3v) is 4.55. The van der Waals surface area contributed by atoms with Crippen LogP contribution in [-0.4, -0.2) is 21.9 Å². The molecule has 1 aromatic heterocycles. The van der Waals surface area contributed by atoms with E-state index >= 15 is 0 Å². The number of aromatic nitrogens is 2. The van der Waals surface area contributed by atoms with Gasteiger partial charge in [0.25, 0.3) is 0 Å². The smallest absolute Gasteiger partial charge is 0.0688 e. The second kappa shape index (κ2) is 4.81. The standard InChI is InChI=1S/C14H22N2O/c17-9-8-12-13(10-4-1-2-5-10)15-16-14(12)11-6-3-7-11/h10-11,17H,1-9H2,(H,15,16). The van der Waals surface area contributed by atoms with Crippen LogP contribution < -0.4 is 0 Å². The molecule has 3 rings (SSSR count). The first-order chi connectivity index (χ1) is 8.40. The van der Waals surface area contributed by atoms with Crippen LogP contribution in [0.5, 0.6) is 0 Å². The van der Waals surface area contributed by atoms with E-state index < -0.39 is 0 Å². The predicted molar refractivity (Wildman–Crippen MR) is 67.2 cm³/mol. The fraction of sp³-hybridized carbons (Fsp3) is 0.786. The minimum Gasteiger partial charge on any atom is -0.396 e. The van der Waals surface area contributed by atoms with Gasteiger partial charge >= 0.3 is 0 Å². The van der Waals surface area contributed by atoms with Crippen LogP contribution in [0.1, 0.15) is 73.7 Å². The summed E-state index contributed by atoms with van der Waals surface area (Å²) in [6.07, 6.45) is 9.99. The Labute approximate surface area is 103 Å². The summed E-state index contributed by atoms with van der Waals surface area (Å²) < 4.78 is 0. The number of rotatable bonds is 4. The van der Waals surface area contributed by atoms with E-state index in [1.807, 2.05) is 0 Å². The third kappa shape index (κ3) is 2.01. The van der Waals surface area contributed by atoms with Crippen molar-refractivity contribution >= 4 is 0 Å². The summed E-state index contributed by atoms with van der Waals surface area (Å²) >= 11 is 0. The fourth-order valence-electron chi connectivity index (χ4n) is 3.34. The van der Waals surface area contributed by atoms with Gasteiger partial charge in [0.2, 0.25) is 0 Å². The molecular formula is C14H22N2O. The Morgan fingerprint density at radius 3 is 2.35 bits per heavy atom. The molecule has 0 spiro atoms. The largest absolute Gasteiger partial charge is 0.396 e. The van der Waals surface area contributed by atoms with Crippen molar-refractivity contribution in [2.24, 2.45) is 0 Å². The monoisotopic (exact) mass is 234 g/mol. The first kappa shape index (κ1) is 11.3. The molecule has 2 saturated carbocycles. The lowest BCUT2D eigenvalue weighted by Gasteiger charge is -2.24. The van der Waals surface area contributed by atoms with Gasteiger partial charge in [-0.1, -0.05) is 19.3 Å². The minimum atomic E-state index is 0.249. The van der Waals surface area contributed by atoms with E-state index in [2.05, 4.69) is 10.2 Å². The average Bonchev–Trinajstić information content (AvgIpc) is 2.86. The van der Waals surface area contributed by atoms with E-state index in [0.29, 0.717) is 11.8 Å². The predicted octanol–water partition coefficient (Wildman–Crippen LogP) is 2.87. The van der Waals surface area contributed by atoms with Crippen LogP contribution in [0.25, 0.3) is 0 Å². The van der Waals surface area contributed by atoms with Crippen molar-refractivity contribution < 1.29 is 5.11 Å². The van der Waals surface area contributed by atoms with Crippen LogP contribution in [0.4, 0.5) is 0 Å². The molecule has 0 saturated heterocycles. The van der Waals surface area contributed by atoms with E-state index in [1.54, 1.807) is 0 Å². The molecule has 94 valence electrons. The molecule has 2 aliphatic carbocycles. The number of hydrogen-bond acceptors (Lipinski definition) is 2. The van der Waals surface area contributed by atoms with Crippen molar-refractivity contribution in [3.05, 3.63) is 17.0 Å². The number of aliphatic hydroxyl groups is 1. The van der Waals surface area contributed by atoms with Gasteiger partial charge in [0.05, 0.1) is 5.69 Å². The van der Waals surface area contributed by atoms with Crippen LogP contribution in [0, 0.1) is 0 Å². The van der Waals surface area contributed by atoms with Gasteiger partial charge in [-0.15, -0.1) is 0 Å². The SMILES string of the molecule is OCCc1c(C2CCC2)n[nH]c1C1CCCC1. The molecule has 0 aromatic carbocycles. The van der Waals surface area contributed by atoms with Crippen molar-refractivity contribution in [1.82, 2.24) is 10.2 Å². The van der Waals surface area contributed by atoms with Crippen molar-refractivity contribution in [2.75, 3.05) is 6.61 Å². The van der Waals surface area contributed by atoms with Crippen LogP contribution in [0.15, 0.2) is 0 Å². The fourth-order valence-corrected chi connectivity index (χ4v) is 3.34. The van der Waals surface area contributed by atoms with Crippen LogP contribution in [0.3, 0.4) is 0 Å². The molecule has 0 atom stereocenters. The summed E-state index contributed by atoms with van der Waals surface area (Å²) in [5, 5.41) is 17.1. The molecule has 0 aliphatic heterocycles. The number of hydrogen-bond donors (Lipinski definition) is 2. The molecule has 2 aliphatic rings. The number of aromatic amines is 1. The molecule has 17 heavy (non-hydrogen) atoms. The number of nitrogens with one attached hydrogen (secondary N) is 1. The number of aliphatic hydroxyl groups excluding tert-OH is 1. The van der Waals surface area contributed by atoms with Gasteiger partial charge in [0.15, 0.2) is 0 Å². The highest BCUT2D eigenvalue weighted by atomic mass is 16.2. The zero-order chi connectivity index (χ0) is 11.7. The van der Waals surface area contributed by atoms with E-state index in [4.69, 9.17) is 0 Å². The Hall–Kier alpha value is -0.830. The summed E-state index contributed by atoms with van der Waals surface area (Å²) in [6.45, 7) is 0.249. The second-order valence-corrected chi connectivity index (χ2v) is 5.58. The van der Waals surface area contributed by atoms with Gasteiger partial charge in [-0.05, 0) is 37.7 Å². The maximum Gasteiger partial charge on any atom is 0.0688 e. The highest BCUT2D eigenvalue weighted by molar-refractivity contribution is 5.32. The van der Waals surface area contributed by atoms with Gasteiger partial charge < -0.3 is 5.11 Å². The van der Waals surface area contributed by atoms with Crippen molar-refractivity contribution in [2.45, 2.75) is 63.2 Å². The van der Waals surface area contributed by atoms with Crippen molar-refractivity contribution in [1.29, 1.82) is 0 Å². The third-order valence-electron chi connectivity index (χ3n) is 4.55. The lowest BCUT2D eigenvalue weighted by Crippen LogP contribution is -2.12. The molecule has 2 fully saturated rings. The summed E-state index contributed by atoms with van der Waals surface area (Å²) in [4.78, 5) is 0. The van der Waals surface area contributed by atoms with Gasteiger partial charge in [0.1, 0.15) is 0 Å². The lowest BCUT2D eigenvalue weighted by atomic mass is 9.80. The molecule has 3 nitrogen and oxygen atoms in total. The highest BCUT2D eigenvalue weighted by Gasteiger charge is 2.29. The molecule has 0 bridgehead atoms. The first-order valence-electron chi connectivity index (χ1n) is 7.08. The molecule has 1 aromatic rings. The minimum absolute atomic E-state index is 0.249. The zero-order valence-electron chi connectivity index (χ0n) is 10.4. The Bertz CT molecular complexity index is 376. The van der Waals surface area contributed by atoms with Crippen molar-refractivity contribution in [3.63, 3.8) is 0 Å². The molecular weight excluding hydrogens is 212 g/mol. The Kier molecular flexibility index (Phi) is 3.19.